The maximum atomic E-state index is 12.5. The SMILES string of the molecule is COC(=O)c1cc(OC(F)(F)F)cc([B-](F)(F)F)c1. The van der Waals surface area contributed by atoms with E-state index in [0.29, 0.717) is 12.1 Å². The lowest BCUT2D eigenvalue weighted by atomic mass is 9.79. The highest BCUT2D eigenvalue weighted by Crippen LogP contribution is 2.24. The van der Waals surface area contributed by atoms with Crippen LogP contribution in [0.1, 0.15) is 10.4 Å². The Bertz CT molecular complexity index is 482. The minimum atomic E-state index is -5.58. The first-order valence-corrected chi connectivity index (χ1v) is 4.72. The highest BCUT2D eigenvalue weighted by atomic mass is 19.4. The van der Waals surface area contributed by atoms with E-state index in [-0.39, 0.29) is 6.07 Å². The zero-order valence-electron chi connectivity index (χ0n) is 9.30. The molecule has 0 aliphatic rings. The van der Waals surface area contributed by atoms with E-state index in [0.717, 1.165) is 7.11 Å². The molecule has 1 rings (SSSR count). The van der Waals surface area contributed by atoms with Crippen molar-refractivity contribution in [1.29, 1.82) is 0 Å². The Labute approximate surface area is 103 Å². The van der Waals surface area contributed by atoms with Crippen molar-refractivity contribution in [2.24, 2.45) is 0 Å². The van der Waals surface area contributed by atoms with Gasteiger partial charge in [-0.1, -0.05) is 6.07 Å². The fourth-order valence-electron chi connectivity index (χ4n) is 1.24. The monoisotopic (exact) mass is 287 g/mol. The molecule has 0 saturated carbocycles. The highest BCUT2D eigenvalue weighted by molar-refractivity contribution is 6.73. The maximum Gasteiger partial charge on any atom is 0.573 e. The first-order valence-electron chi connectivity index (χ1n) is 4.72. The molecule has 0 heterocycles. The number of carbonyl (C=O) groups is 1. The van der Waals surface area contributed by atoms with Crippen molar-refractivity contribution in [3.63, 3.8) is 0 Å². The lowest BCUT2D eigenvalue weighted by Crippen LogP contribution is -2.35. The van der Waals surface area contributed by atoms with Gasteiger partial charge in [0.2, 0.25) is 0 Å². The van der Waals surface area contributed by atoms with Crippen LogP contribution in [0, 0.1) is 0 Å². The molecule has 0 N–H and O–H groups in total. The van der Waals surface area contributed by atoms with Gasteiger partial charge in [-0.25, -0.2) is 4.79 Å². The van der Waals surface area contributed by atoms with Gasteiger partial charge in [-0.15, -0.1) is 18.6 Å². The summed E-state index contributed by atoms with van der Waals surface area (Å²) in [4.78, 5) is 11.1. The van der Waals surface area contributed by atoms with E-state index >= 15 is 0 Å². The Kier molecular flexibility index (Phi) is 4.01. The molecule has 106 valence electrons. The molecular formula is C9H6BF6O3-. The van der Waals surface area contributed by atoms with Gasteiger partial charge in [-0.2, -0.15) is 0 Å². The smallest absolute Gasteiger partial charge is 0.465 e. The van der Waals surface area contributed by atoms with Crippen molar-refractivity contribution in [1.82, 2.24) is 0 Å². The lowest BCUT2D eigenvalue weighted by Gasteiger charge is -2.18. The Balaban J connectivity index is 3.28. The van der Waals surface area contributed by atoms with Crippen LogP contribution in [0.5, 0.6) is 5.75 Å². The van der Waals surface area contributed by atoms with Crippen molar-refractivity contribution in [3.8, 4) is 5.75 Å². The Morgan fingerprint density at radius 1 is 1.16 bits per heavy atom. The van der Waals surface area contributed by atoms with E-state index in [1.165, 1.54) is 0 Å². The highest BCUT2D eigenvalue weighted by Gasteiger charge is 2.33. The first-order chi connectivity index (χ1) is 8.53. The number of ether oxygens (including phenoxy) is 2. The molecule has 0 fully saturated rings. The minimum Gasteiger partial charge on any atom is -0.465 e. The summed E-state index contributed by atoms with van der Waals surface area (Å²) in [5.74, 6) is -2.33. The zero-order chi connectivity index (χ0) is 14.8. The Morgan fingerprint density at radius 3 is 2.16 bits per heavy atom. The molecule has 0 aliphatic carbocycles. The number of halogens is 6. The van der Waals surface area contributed by atoms with Crippen molar-refractivity contribution in [3.05, 3.63) is 23.8 Å². The number of alkyl halides is 3. The third kappa shape index (κ3) is 4.38. The van der Waals surface area contributed by atoms with Gasteiger partial charge in [-0.05, 0) is 12.1 Å². The number of hydrogen-bond acceptors (Lipinski definition) is 3. The van der Waals surface area contributed by atoms with E-state index in [1.807, 2.05) is 0 Å². The number of rotatable bonds is 3. The molecule has 0 aromatic heterocycles. The second-order valence-corrected chi connectivity index (χ2v) is 3.40. The average molecular weight is 287 g/mol. The van der Waals surface area contributed by atoms with Crippen LogP contribution in [0.3, 0.4) is 0 Å². The molecule has 3 nitrogen and oxygen atoms in total. The van der Waals surface area contributed by atoms with Crippen LogP contribution in [0.25, 0.3) is 0 Å². The van der Waals surface area contributed by atoms with Gasteiger partial charge in [0.1, 0.15) is 5.75 Å². The van der Waals surface area contributed by atoms with Crippen molar-refractivity contribution < 1.29 is 40.4 Å². The van der Waals surface area contributed by atoms with Crippen LogP contribution >= 0.6 is 0 Å². The van der Waals surface area contributed by atoms with Gasteiger partial charge in [-0.3, -0.25) is 0 Å². The minimum absolute atomic E-state index is 0.167. The molecule has 1 aromatic rings. The van der Waals surface area contributed by atoms with Crippen LogP contribution in [0.2, 0.25) is 0 Å². The summed E-state index contributed by atoms with van der Waals surface area (Å²) in [7, 11) is 0.887. The van der Waals surface area contributed by atoms with Crippen LogP contribution in [0.4, 0.5) is 26.1 Å². The van der Waals surface area contributed by atoms with Crippen LogP contribution < -0.4 is 10.2 Å². The standard InChI is InChI=1S/C9H6BF6O3/c1-18-8(17)5-2-6(10(14,15)16)4-7(3-5)19-9(11,12)13/h2-4H,1H3/q-1. The van der Waals surface area contributed by atoms with Crippen LogP contribution in [-0.2, 0) is 4.74 Å². The van der Waals surface area contributed by atoms with E-state index < -0.39 is 36.1 Å². The van der Waals surface area contributed by atoms with Gasteiger partial charge in [0.15, 0.2) is 0 Å². The molecule has 10 heteroatoms. The average Bonchev–Trinajstić information content (AvgIpc) is 2.24. The predicted molar refractivity (Wildman–Crippen MR) is 53.2 cm³/mol. The molecule has 0 spiro atoms. The van der Waals surface area contributed by atoms with Crippen LogP contribution in [0.15, 0.2) is 18.2 Å². The maximum absolute atomic E-state index is 12.5. The third-order valence-corrected chi connectivity index (χ3v) is 1.96. The molecular weight excluding hydrogens is 281 g/mol. The molecule has 0 aliphatic heterocycles. The molecule has 0 amide bonds. The number of esters is 1. The van der Waals surface area contributed by atoms with Gasteiger partial charge >= 0.3 is 19.3 Å². The summed E-state index contributed by atoms with van der Waals surface area (Å²) in [6.07, 6.45) is -5.16. The van der Waals surface area contributed by atoms with Gasteiger partial charge in [0.05, 0.1) is 12.7 Å². The van der Waals surface area contributed by atoms with E-state index in [9.17, 15) is 30.9 Å². The van der Waals surface area contributed by atoms with E-state index in [1.54, 1.807) is 0 Å². The van der Waals surface area contributed by atoms with Crippen molar-refractivity contribution in [2.75, 3.05) is 7.11 Å². The molecule has 0 bridgehead atoms. The largest absolute Gasteiger partial charge is 0.573 e. The van der Waals surface area contributed by atoms with Crippen molar-refractivity contribution >= 4 is 18.4 Å². The van der Waals surface area contributed by atoms with Gasteiger partial charge in [0, 0.05) is 0 Å². The number of benzene rings is 1. The molecule has 1 aromatic carbocycles. The molecule has 0 atom stereocenters. The second-order valence-electron chi connectivity index (χ2n) is 3.40. The Morgan fingerprint density at radius 2 is 1.74 bits per heavy atom. The van der Waals surface area contributed by atoms with E-state index in [2.05, 4.69) is 9.47 Å². The summed E-state index contributed by atoms with van der Waals surface area (Å²) in [6.45, 7) is -5.58. The Hall–Kier alpha value is -1.87. The van der Waals surface area contributed by atoms with E-state index in [4.69, 9.17) is 0 Å². The summed E-state index contributed by atoms with van der Waals surface area (Å²) < 4.78 is 81.0. The topological polar surface area (TPSA) is 35.5 Å². The van der Waals surface area contributed by atoms with Gasteiger partial charge in [0.25, 0.3) is 0 Å². The first kappa shape index (κ1) is 15.2. The third-order valence-electron chi connectivity index (χ3n) is 1.96. The summed E-state index contributed by atoms with van der Waals surface area (Å²) in [5.41, 5.74) is -2.07. The van der Waals surface area contributed by atoms with Crippen molar-refractivity contribution in [2.45, 2.75) is 6.36 Å². The summed E-state index contributed by atoms with van der Waals surface area (Å²) >= 11 is 0. The summed E-state index contributed by atoms with van der Waals surface area (Å²) in [5, 5.41) is 0. The fraction of sp³-hybridized carbons (Fsp3) is 0.222. The second kappa shape index (κ2) is 5.02. The van der Waals surface area contributed by atoms with Crippen LogP contribution in [-0.4, -0.2) is 26.4 Å². The quantitative estimate of drug-likeness (QED) is 0.486. The van der Waals surface area contributed by atoms with Gasteiger partial charge < -0.3 is 22.4 Å². The zero-order valence-corrected chi connectivity index (χ0v) is 9.30. The number of hydrogen-bond donors (Lipinski definition) is 0. The predicted octanol–water partition coefficient (Wildman–Crippen LogP) is 2.43. The lowest BCUT2D eigenvalue weighted by molar-refractivity contribution is -0.274. The fourth-order valence-corrected chi connectivity index (χ4v) is 1.24. The molecule has 19 heavy (non-hydrogen) atoms. The molecule has 0 saturated heterocycles. The number of methoxy groups -OCH3 is 1. The number of carbonyl (C=O) groups excluding carboxylic acids is 1. The summed E-state index contributed by atoms with van der Waals surface area (Å²) in [6, 6.07) is 1.08. The normalized spacial score (nSPS) is 12.2. The molecule has 0 unspecified atom stereocenters. The molecule has 0 radical (unpaired) electrons.